The van der Waals surface area contributed by atoms with Gasteiger partial charge in [-0.2, -0.15) is 0 Å². The molecule has 0 aliphatic heterocycles. The number of methoxy groups -OCH3 is 1. The van der Waals surface area contributed by atoms with Crippen LogP contribution in [0, 0.1) is 0 Å². The summed E-state index contributed by atoms with van der Waals surface area (Å²) in [7, 11) is 3.65. The lowest BCUT2D eigenvalue weighted by molar-refractivity contribution is 0.305. The lowest BCUT2D eigenvalue weighted by Gasteiger charge is -2.07. The molecule has 0 N–H and O–H groups in total. The highest BCUT2D eigenvalue weighted by Gasteiger charge is 2.10. The number of aryl methyl sites for hydroxylation is 1. The fourth-order valence-electron chi connectivity index (χ4n) is 2.45. The van der Waals surface area contributed by atoms with E-state index in [-0.39, 0.29) is 0 Å². The van der Waals surface area contributed by atoms with Crippen molar-refractivity contribution in [3.8, 4) is 11.5 Å². The van der Waals surface area contributed by atoms with E-state index in [2.05, 4.69) is 16.8 Å². The van der Waals surface area contributed by atoms with Crippen LogP contribution in [0.3, 0.4) is 0 Å². The normalized spacial score (nSPS) is 10.8. The van der Waals surface area contributed by atoms with Crippen molar-refractivity contribution in [3.63, 3.8) is 0 Å². The molecule has 1 aromatic heterocycles. The van der Waals surface area contributed by atoms with Crippen LogP contribution in [0.1, 0.15) is 5.56 Å². The fourth-order valence-corrected chi connectivity index (χ4v) is 2.74. The summed E-state index contributed by atoms with van der Waals surface area (Å²) in [6, 6.07) is 13.5. The molecule has 3 aromatic rings. The number of halogens is 1. The van der Waals surface area contributed by atoms with Crippen LogP contribution in [-0.4, -0.2) is 11.7 Å². The van der Waals surface area contributed by atoms with Gasteiger partial charge in [-0.1, -0.05) is 23.7 Å². The lowest BCUT2D eigenvalue weighted by atomic mass is 10.2. The van der Waals surface area contributed by atoms with Crippen molar-refractivity contribution in [1.82, 2.24) is 4.57 Å². The molecule has 0 saturated carbocycles. The number of aromatic nitrogens is 1. The summed E-state index contributed by atoms with van der Waals surface area (Å²) in [6.45, 7) is 0.467. The molecule has 0 aliphatic carbocycles. The molecule has 0 fully saturated rings. The summed E-state index contributed by atoms with van der Waals surface area (Å²) in [5.41, 5.74) is 2.17. The highest BCUT2D eigenvalue weighted by molar-refractivity contribution is 6.35. The standard InChI is InChI=1S/C17H16ClNO2/c1-19-10-12(17-15(18)7-4-8-16(17)19)11-21-14-6-3-5-13(9-14)20-2/h3-10H,11H2,1-2H3. The third-order valence-electron chi connectivity index (χ3n) is 3.48. The van der Waals surface area contributed by atoms with Crippen LogP contribution in [0.5, 0.6) is 11.5 Å². The van der Waals surface area contributed by atoms with Gasteiger partial charge in [-0.25, -0.2) is 0 Å². The van der Waals surface area contributed by atoms with Gasteiger partial charge in [0.2, 0.25) is 0 Å². The van der Waals surface area contributed by atoms with Crippen molar-refractivity contribution in [3.05, 3.63) is 59.2 Å². The van der Waals surface area contributed by atoms with Gasteiger partial charge in [0.25, 0.3) is 0 Å². The van der Waals surface area contributed by atoms with Crippen molar-refractivity contribution in [2.75, 3.05) is 7.11 Å². The topological polar surface area (TPSA) is 23.4 Å². The summed E-state index contributed by atoms with van der Waals surface area (Å²) in [5.74, 6) is 1.56. The zero-order chi connectivity index (χ0) is 14.8. The Bertz CT molecular complexity index is 780. The predicted octanol–water partition coefficient (Wildman–Crippen LogP) is 4.42. The minimum absolute atomic E-state index is 0.467. The third kappa shape index (κ3) is 2.69. The Kier molecular flexibility index (Phi) is 3.76. The summed E-state index contributed by atoms with van der Waals surface area (Å²) < 4.78 is 13.1. The van der Waals surface area contributed by atoms with Crippen LogP contribution in [0.4, 0.5) is 0 Å². The van der Waals surface area contributed by atoms with Gasteiger partial charge in [-0.15, -0.1) is 0 Å². The van der Waals surface area contributed by atoms with E-state index < -0.39 is 0 Å². The average molecular weight is 302 g/mol. The van der Waals surface area contributed by atoms with Crippen LogP contribution in [0.25, 0.3) is 10.9 Å². The predicted molar refractivity (Wildman–Crippen MR) is 85.3 cm³/mol. The number of rotatable bonds is 4. The number of ether oxygens (including phenoxy) is 2. The SMILES string of the molecule is COc1cccc(OCc2cn(C)c3cccc(Cl)c23)c1. The molecule has 3 rings (SSSR count). The minimum Gasteiger partial charge on any atom is -0.497 e. The Labute approximate surface area is 128 Å². The van der Waals surface area contributed by atoms with Gasteiger partial charge in [0, 0.05) is 35.8 Å². The van der Waals surface area contributed by atoms with Gasteiger partial charge in [-0.3, -0.25) is 0 Å². The van der Waals surface area contributed by atoms with Crippen LogP contribution in [0.15, 0.2) is 48.7 Å². The fraction of sp³-hybridized carbons (Fsp3) is 0.176. The lowest BCUT2D eigenvalue weighted by Crippen LogP contribution is -1.95. The van der Waals surface area contributed by atoms with Crippen LogP contribution >= 0.6 is 11.6 Å². The Hall–Kier alpha value is -2.13. The molecule has 0 amide bonds. The van der Waals surface area contributed by atoms with E-state index in [1.807, 2.05) is 43.4 Å². The molecule has 4 heteroatoms. The molecule has 0 bridgehead atoms. The first-order chi connectivity index (χ1) is 10.2. The quantitative estimate of drug-likeness (QED) is 0.712. The molecule has 0 atom stereocenters. The van der Waals surface area contributed by atoms with E-state index >= 15 is 0 Å². The van der Waals surface area contributed by atoms with Crippen molar-refractivity contribution in [2.45, 2.75) is 6.61 Å². The van der Waals surface area contributed by atoms with E-state index in [0.717, 1.165) is 33.0 Å². The van der Waals surface area contributed by atoms with Crippen molar-refractivity contribution >= 4 is 22.5 Å². The summed E-state index contributed by atoms with van der Waals surface area (Å²) in [4.78, 5) is 0. The molecular formula is C17H16ClNO2. The van der Waals surface area contributed by atoms with Gasteiger partial charge < -0.3 is 14.0 Å². The number of benzene rings is 2. The molecule has 0 aliphatic rings. The van der Waals surface area contributed by atoms with E-state index in [1.54, 1.807) is 7.11 Å². The first-order valence-electron chi connectivity index (χ1n) is 6.68. The van der Waals surface area contributed by atoms with E-state index in [4.69, 9.17) is 21.1 Å². The molecule has 0 saturated heterocycles. The zero-order valence-corrected chi connectivity index (χ0v) is 12.7. The molecule has 3 nitrogen and oxygen atoms in total. The Morgan fingerprint density at radius 1 is 1.10 bits per heavy atom. The minimum atomic E-state index is 0.467. The summed E-state index contributed by atoms with van der Waals surface area (Å²) in [6.07, 6.45) is 2.05. The largest absolute Gasteiger partial charge is 0.497 e. The van der Waals surface area contributed by atoms with E-state index in [1.165, 1.54) is 0 Å². The Morgan fingerprint density at radius 3 is 2.67 bits per heavy atom. The van der Waals surface area contributed by atoms with Crippen molar-refractivity contribution in [1.29, 1.82) is 0 Å². The molecule has 108 valence electrons. The number of nitrogens with zero attached hydrogens (tertiary/aromatic N) is 1. The maximum atomic E-state index is 6.32. The summed E-state index contributed by atoms with van der Waals surface area (Å²) >= 11 is 6.32. The van der Waals surface area contributed by atoms with Gasteiger partial charge in [0.1, 0.15) is 18.1 Å². The molecule has 2 aromatic carbocycles. The van der Waals surface area contributed by atoms with Gasteiger partial charge in [-0.05, 0) is 24.3 Å². The van der Waals surface area contributed by atoms with Gasteiger partial charge in [0.05, 0.1) is 12.1 Å². The smallest absolute Gasteiger partial charge is 0.123 e. The number of hydrogen-bond acceptors (Lipinski definition) is 2. The molecule has 21 heavy (non-hydrogen) atoms. The third-order valence-corrected chi connectivity index (χ3v) is 3.79. The zero-order valence-electron chi connectivity index (χ0n) is 12.0. The molecular weight excluding hydrogens is 286 g/mol. The first kappa shape index (κ1) is 13.8. The average Bonchev–Trinajstić information content (AvgIpc) is 2.83. The highest BCUT2D eigenvalue weighted by Crippen LogP contribution is 2.29. The van der Waals surface area contributed by atoms with Crippen LogP contribution in [0.2, 0.25) is 5.02 Å². The van der Waals surface area contributed by atoms with Crippen molar-refractivity contribution in [2.24, 2.45) is 7.05 Å². The molecule has 0 radical (unpaired) electrons. The van der Waals surface area contributed by atoms with Gasteiger partial charge >= 0.3 is 0 Å². The molecule has 1 heterocycles. The second-order valence-electron chi connectivity index (χ2n) is 4.87. The maximum Gasteiger partial charge on any atom is 0.123 e. The van der Waals surface area contributed by atoms with Gasteiger partial charge in [0.15, 0.2) is 0 Å². The second kappa shape index (κ2) is 5.70. The second-order valence-corrected chi connectivity index (χ2v) is 5.27. The number of fused-ring (bicyclic) bond motifs is 1. The van der Waals surface area contributed by atoms with E-state index in [0.29, 0.717) is 6.61 Å². The monoisotopic (exact) mass is 301 g/mol. The summed E-state index contributed by atoms with van der Waals surface area (Å²) in [5, 5.41) is 1.79. The molecule has 0 unspecified atom stereocenters. The van der Waals surface area contributed by atoms with E-state index in [9.17, 15) is 0 Å². The highest BCUT2D eigenvalue weighted by atomic mass is 35.5. The Balaban J connectivity index is 1.88. The van der Waals surface area contributed by atoms with Crippen LogP contribution < -0.4 is 9.47 Å². The van der Waals surface area contributed by atoms with Crippen LogP contribution in [-0.2, 0) is 13.7 Å². The maximum absolute atomic E-state index is 6.32. The first-order valence-corrected chi connectivity index (χ1v) is 7.06. The Morgan fingerprint density at radius 2 is 1.86 bits per heavy atom. The molecule has 0 spiro atoms. The van der Waals surface area contributed by atoms with Crippen molar-refractivity contribution < 1.29 is 9.47 Å². The number of hydrogen-bond donors (Lipinski definition) is 0.